The highest BCUT2D eigenvalue weighted by molar-refractivity contribution is 9.10. The molecule has 0 bridgehead atoms. The summed E-state index contributed by atoms with van der Waals surface area (Å²) in [4.78, 5) is 0. The lowest BCUT2D eigenvalue weighted by atomic mass is 10.2. The predicted octanol–water partition coefficient (Wildman–Crippen LogP) is 2.04. The first-order valence-electron chi connectivity index (χ1n) is 2.91. The number of rotatable bonds is 1. The van der Waals surface area contributed by atoms with Crippen molar-refractivity contribution in [3.05, 3.63) is 28.2 Å². The second-order valence-electron chi connectivity index (χ2n) is 1.98. The van der Waals surface area contributed by atoms with E-state index in [0.29, 0.717) is 6.54 Å². The average Bonchev–Trinajstić information content (AvgIpc) is 1.88. The average molecular weight is 239 g/mol. The summed E-state index contributed by atoms with van der Waals surface area (Å²) in [5.74, 6) is 0.254. The van der Waals surface area contributed by atoms with Crippen LogP contribution in [0.15, 0.2) is 22.7 Å². The van der Waals surface area contributed by atoms with Crippen LogP contribution in [0, 0.1) is 0 Å². The van der Waals surface area contributed by atoms with Crippen LogP contribution in [0.1, 0.15) is 5.56 Å². The Morgan fingerprint density at radius 1 is 1.45 bits per heavy atom. The van der Waals surface area contributed by atoms with Gasteiger partial charge in [-0.1, -0.05) is 22.0 Å². The molecule has 3 N–H and O–H groups in total. The van der Waals surface area contributed by atoms with Crippen molar-refractivity contribution in [3.63, 3.8) is 0 Å². The van der Waals surface area contributed by atoms with E-state index in [-0.39, 0.29) is 18.2 Å². The first-order chi connectivity index (χ1) is 4.74. The maximum atomic E-state index is 8.96. The molecule has 0 saturated carbocycles. The summed E-state index contributed by atoms with van der Waals surface area (Å²) < 4.78 is 0.856. The molecule has 0 aromatic heterocycles. The smallest absolute Gasteiger partial charge is 0.116 e. The fourth-order valence-corrected chi connectivity index (χ4v) is 1.23. The van der Waals surface area contributed by atoms with Crippen LogP contribution >= 0.6 is 28.3 Å². The van der Waals surface area contributed by atoms with Gasteiger partial charge in [-0.25, -0.2) is 0 Å². The molecule has 0 heterocycles. The van der Waals surface area contributed by atoms with Gasteiger partial charge in [-0.3, -0.25) is 0 Å². The molecule has 0 aliphatic heterocycles. The van der Waals surface area contributed by atoms with E-state index in [0.717, 1.165) is 10.0 Å². The van der Waals surface area contributed by atoms with Gasteiger partial charge in [0.05, 0.1) is 0 Å². The van der Waals surface area contributed by atoms with E-state index in [1.807, 2.05) is 0 Å². The molecule has 11 heavy (non-hydrogen) atoms. The molecular formula is C7H9BrClNO. The van der Waals surface area contributed by atoms with Gasteiger partial charge in [0.15, 0.2) is 0 Å². The number of hydrogen-bond donors (Lipinski definition) is 2. The number of phenols is 1. The van der Waals surface area contributed by atoms with Crippen LogP contribution in [0.2, 0.25) is 0 Å². The Morgan fingerprint density at radius 3 is 2.55 bits per heavy atom. The Labute approximate surface area is 80.0 Å². The molecule has 0 saturated heterocycles. The number of benzene rings is 1. The third-order valence-corrected chi connectivity index (χ3v) is 1.99. The van der Waals surface area contributed by atoms with Gasteiger partial charge >= 0.3 is 0 Å². The van der Waals surface area contributed by atoms with Crippen molar-refractivity contribution < 1.29 is 5.11 Å². The Balaban J connectivity index is 0.000001000. The fourth-order valence-electron chi connectivity index (χ4n) is 0.702. The van der Waals surface area contributed by atoms with Gasteiger partial charge in [0.1, 0.15) is 5.75 Å². The quantitative estimate of drug-likeness (QED) is 0.786. The summed E-state index contributed by atoms with van der Waals surface area (Å²) >= 11 is 3.27. The lowest BCUT2D eigenvalue weighted by Gasteiger charge is -1.99. The van der Waals surface area contributed by atoms with Crippen LogP contribution in [-0.2, 0) is 6.54 Å². The molecule has 0 spiro atoms. The van der Waals surface area contributed by atoms with Crippen molar-refractivity contribution >= 4 is 28.3 Å². The van der Waals surface area contributed by atoms with E-state index >= 15 is 0 Å². The highest BCUT2D eigenvalue weighted by Crippen LogP contribution is 2.21. The van der Waals surface area contributed by atoms with Crippen molar-refractivity contribution in [3.8, 4) is 5.75 Å². The van der Waals surface area contributed by atoms with E-state index in [1.165, 1.54) is 0 Å². The van der Waals surface area contributed by atoms with Gasteiger partial charge in [-0.15, -0.1) is 12.4 Å². The van der Waals surface area contributed by atoms with E-state index in [9.17, 15) is 0 Å². The van der Waals surface area contributed by atoms with Gasteiger partial charge < -0.3 is 10.8 Å². The highest BCUT2D eigenvalue weighted by atomic mass is 79.9. The number of aromatic hydroxyl groups is 1. The maximum Gasteiger partial charge on any atom is 0.116 e. The summed E-state index contributed by atoms with van der Waals surface area (Å²) in [5, 5.41) is 8.96. The molecule has 2 nitrogen and oxygen atoms in total. The zero-order chi connectivity index (χ0) is 7.56. The second kappa shape index (κ2) is 4.59. The summed E-state index contributed by atoms with van der Waals surface area (Å²) in [6, 6.07) is 5.04. The molecule has 0 radical (unpaired) electrons. The molecule has 1 rings (SSSR count). The highest BCUT2D eigenvalue weighted by Gasteiger charge is 1.96. The van der Waals surface area contributed by atoms with Crippen LogP contribution in [0.3, 0.4) is 0 Å². The van der Waals surface area contributed by atoms with Gasteiger partial charge in [0.25, 0.3) is 0 Å². The van der Waals surface area contributed by atoms with Crippen molar-refractivity contribution in [2.45, 2.75) is 6.54 Å². The molecule has 0 amide bonds. The van der Waals surface area contributed by atoms with Crippen LogP contribution < -0.4 is 5.73 Å². The number of nitrogens with two attached hydrogens (primary N) is 1. The van der Waals surface area contributed by atoms with Crippen molar-refractivity contribution in [2.75, 3.05) is 0 Å². The fraction of sp³-hybridized carbons (Fsp3) is 0.143. The topological polar surface area (TPSA) is 46.2 Å². The molecule has 1 aromatic carbocycles. The lowest BCUT2D eigenvalue weighted by molar-refractivity contribution is 0.474. The van der Waals surface area contributed by atoms with Crippen molar-refractivity contribution in [1.29, 1.82) is 0 Å². The largest absolute Gasteiger partial charge is 0.508 e. The Kier molecular flexibility index (Phi) is 4.49. The molecule has 62 valence electrons. The Morgan fingerprint density at radius 2 is 2.09 bits per heavy atom. The second-order valence-corrected chi connectivity index (χ2v) is 2.83. The molecule has 0 unspecified atom stereocenters. The first kappa shape index (κ1) is 10.8. The molecule has 0 aliphatic carbocycles. The van der Waals surface area contributed by atoms with Crippen molar-refractivity contribution in [1.82, 2.24) is 0 Å². The van der Waals surface area contributed by atoms with Gasteiger partial charge in [0, 0.05) is 11.0 Å². The molecule has 0 fully saturated rings. The summed E-state index contributed by atoms with van der Waals surface area (Å²) in [5.41, 5.74) is 6.39. The predicted molar refractivity (Wildman–Crippen MR) is 50.9 cm³/mol. The first-order valence-corrected chi connectivity index (χ1v) is 3.71. The third-order valence-electron chi connectivity index (χ3n) is 1.26. The van der Waals surface area contributed by atoms with Gasteiger partial charge in [-0.2, -0.15) is 0 Å². The molecule has 4 heteroatoms. The summed E-state index contributed by atoms with van der Waals surface area (Å²) in [7, 11) is 0. The van der Waals surface area contributed by atoms with E-state index in [1.54, 1.807) is 18.2 Å². The SMILES string of the molecule is Cl.NCc1ccc(O)cc1Br. The molecule has 0 atom stereocenters. The minimum Gasteiger partial charge on any atom is -0.508 e. The van der Waals surface area contributed by atoms with Crippen LogP contribution in [0.4, 0.5) is 0 Å². The minimum absolute atomic E-state index is 0. The zero-order valence-electron chi connectivity index (χ0n) is 5.75. The third kappa shape index (κ3) is 2.69. The number of phenolic OH excluding ortho intramolecular Hbond substituents is 1. The van der Waals surface area contributed by atoms with Crippen LogP contribution in [0.5, 0.6) is 5.75 Å². The maximum absolute atomic E-state index is 8.96. The van der Waals surface area contributed by atoms with Crippen molar-refractivity contribution in [2.24, 2.45) is 5.73 Å². The number of hydrogen-bond acceptors (Lipinski definition) is 2. The van der Waals surface area contributed by atoms with Gasteiger partial charge in [-0.05, 0) is 17.7 Å². The standard InChI is InChI=1S/C7H8BrNO.ClH/c8-7-3-6(10)2-1-5(7)4-9;/h1-3,10H,4,9H2;1H. The monoisotopic (exact) mass is 237 g/mol. The Hall–Kier alpha value is -0.250. The Bertz CT molecular complexity index is 242. The lowest BCUT2D eigenvalue weighted by Crippen LogP contribution is -1.96. The molecular weight excluding hydrogens is 229 g/mol. The van der Waals surface area contributed by atoms with Gasteiger partial charge in [0.2, 0.25) is 0 Å². The summed E-state index contributed by atoms with van der Waals surface area (Å²) in [6.45, 7) is 0.487. The zero-order valence-corrected chi connectivity index (χ0v) is 8.15. The van der Waals surface area contributed by atoms with E-state index in [4.69, 9.17) is 10.8 Å². The molecule has 1 aromatic rings. The summed E-state index contributed by atoms with van der Waals surface area (Å²) in [6.07, 6.45) is 0. The van der Waals surface area contributed by atoms with E-state index < -0.39 is 0 Å². The molecule has 0 aliphatic rings. The normalized spacial score (nSPS) is 8.91. The minimum atomic E-state index is 0. The van der Waals surface area contributed by atoms with Crippen LogP contribution in [-0.4, -0.2) is 5.11 Å². The number of halogens is 2. The van der Waals surface area contributed by atoms with Crippen LogP contribution in [0.25, 0.3) is 0 Å². The van der Waals surface area contributed by atoms with E-state index in [2.05, 4.69) is 15.9 Å².